The molecule has 3 nitrogen and oxygen atoms in total. The van der Waals surface area contributed by atoms with Crippen molar-refractivity contribution in [1.82, 2.24) is 0 Å². The Bertz CT molecular complexity index is 247. The van der Waals surface area contributed by atoms with Crippen LogP contribution >= 0.6 is 23.5 Å². The van der Waals surface area contributed by atoms with Crippen molar-refractivity contribution in [3.05, 3.63) is 10.8 Å². The third kappa shape index (κ3) is 12.3. The molecule has 0 aliphatic carbocycles. The Kier molecular flexibility index (Phi) is 10.4. The molecule has 0 saturated carbocycles. The molecule has 0 spiro atoms. The van der Waals surface area contributed by atoms with Crippen LogP contribution in [-0.2, 0) is 10.1 Å². The van der Waals surface area contributed by atoms with E-state index >= 15 is 0 Å². The molecule has 0 unspecified atom stereocenters. The summed E-state index contributed by atoms with van der Waals surface area (Å²) in [5, 5.41) is 0. The van der Waals surface area contributed by atoms with E-state index < -0.39 is 10.1 Å². The quantitative estimate of drug-likeness (QED) is 0.656. The maximum atomic E-state index is 10.2. The Labute approximate surface area is 95.5 Å². The second-order valence-electron chi connectivity index (χ2n) is 2.33. The second kappa shape index (κ2) is 8.64. The molecule has 0 atom stereocenters. The van der Waals surface area contributed by atoms with Crippen LogP contribution in [0.15, 0.2) is 10.8 Å². The molecule has 0 radical (unpaired) electrons. The van der Waals surface area contributed by atoms with Gasteiger partial charge in [0, 0.05) is 15.7 Å². The van der Waals surface area contributed by atoms with E-state index in [4.69, 9.17) is 0 Å². The van der Waals surface area contributed by atoms with E-state index in [0.29, 0.717) is 5.75 Å². The van der Waals surface area contributed by atoms with E-state index in [1.807, 2.05) is 0 Å². The standard InChI is InChI=1S/C7H14O3S3.CH4/c1-3-4-11-7(2)12-5-6-13(8,9)10;/h2-6H2,1H3,(H,8,9,10);1H4/p-1. The van der Waals surface area contributed by atoms with Gasteiger partial charge in [-0.2, -0.15) is 0 Å². The van der Waals surface area contributed by atoms with Crippen LogP contribution in [0.25, 0.3) is 0 Å². The molecular weight excluding hydrogens is 240 g/mol. The van der Waals surface area contributed by atoms with Crippen molar-refractivity contribution in [2.45, 2.75) is 20.8 Å². The molecular formula is C8H17O3S3-. The molecule has 0 aliphatic rings. The Hall–Kier alpha value is 0.350. The maximum absolute atomic E-state index is 10.2. The molecule has 0 bridgehead atoms. The first-order valence-corrected chi connectivity index (χ1v) is 7.38. The zero-order valence-corrected chi connectivity index (χ0v) is 9.93. The first-order valence-electron chi connectivity index (χ1n) is 3.83. The minimum atomic E-state index is -4.06. The van der Waals surface area contributed by atoms with Gasteiger partial charge in [0.15, 0.2) is 0 Å². The Morgan fingerprint density at radius 3 is 2.29 bits per heavy atom. The van der Waals surface area contributed by atoms with Gasteiger partial charge >= 0.3 is 0 Å². The van der Waals surface area contributed by atoms with Crippen LogP contribution in [0.4, 0.5) is 0 Å². The predicted octanol–water partition coefficient (Wildman–Crippen LogP) is 2.52. The molecule has 0 aliphatic heterocycles. The lowest BCUT2D eigenvalue weighted by Crippen LogP contribution is -2.06. The van der Waals surface area contributed by atoms with Crippen molar-refractivity contribution in [3.8, 4) is 0 Å². The summed E-state index contributed by atoms with van der Waals surface area (Å²) in [5.74, 6) is 0.973. The third-order valence-corrected chi connectivity index (χ3v) is 4.40. The van der Waals surface area contributed by atoms with Crippen molar-refractivity contribution in [2.75, 3.05) is 17.3 Å². The fraction of sp³-hybridized carbons (Fsp3) is 0.750. The maximum Gasteiger partial charge on any atom is 0.0954 e. The molecule has 6 heteroatoms. The van der Waals surface area contributed by atoms with Gasteiger partial charge in [-0.25, -0.2) is 8.42 Å². The van der Waals surface area contributed by atoms with Crippen molar-refractivity contribution >= 4 is 33.6 Å². The molecule has 14 heavy (non-hydrogen) atoms. The van der Waals surface area contributed by atoms with Crippen LogP contribution in [0, 0.1) is 0 Å². The summed E-state index contributed by atoms with van der Waals surface area (Å²) >= 11 is 2.93. The lowest BCUT2D eigenvalue weighted by Gasteiger charge is -2.06. The zero-order chi connectivity index (χ0) is 10.3. The minimum absolute atomic E-state index is 0. The number of hydrogen-bond donors (Lipinski definition) is 0. The van der Waals surface area contributed by atoms with E-state index in [2.05, 4.69) is 13.5 Å². The van der Waals surface area contributed by atoms with Crippen LogP contribution in [0.5, 0.6) is 0 Å². The van der Waals surface area contributed by atoms with Gasteiger partial charge in [-0.3, -0.25) is 0 Å². The molecule has 0 N–H and O–H groups in total. The average molecular weight is 257 g/mol. The predicted molar refractivity (Wildman–Crippen MR) is 65.6 cm³/mol. The van der Waals surface area contributed by atoms with Gasteiger partial charge in [0.25, 0.3) is 0 Å². The summed E-state index contributed by atoms with van der Waals surface area (Å²) in [6.45, 7) is 5.80. The Morgan fingerprint density at radius 2 is 1.86 bits per heavy atom. The number of hydrogen-bond acceptors (Lipinski definition) is 5. The average Bonchev–Trinajstić information content (AvgIpc) is 1.98. The monoisotopic (exact) mass is 257 g/mol. The molecule has 0 heterocycles. The van der Waals surface area contributed by atoms with Crippen LogP contribution in [-0.4, -0.2) is 30.2 Å². The molecule has 0 rings (SSSR count). The lowest BCUT2D eigenvalue weighted by molar-refractivity contribution is 0.465. The highest BCUT2D eigenvalue weighted by Crippen LogP contribution is 2.26. The van der Waals surface area contributed by atoms with Gasteiger partial charge in [-0.15, -0.1) is 23.5 Å². The first kappa shape index (κ1) is 16.8. The zero-order valence-electron chi connectivity index (χ0n) is 7.49. The molecule has 0 aromatic carbocycles. The van der Waals surface area contributed by atoms with Crippen molar-refractivity contribution in [2.24, 2.45) is 0 Å². The van der Waals surface area contributed by atoms with Gasteiger partial charge in [0.2, 0.25) is 0 Å². The van der Waals surface area contributed by atoms with Gasteiger partial charge in [0.05, 0.1) is 10.1 Å². The summed E-state index contributed by atoms with van der Waals surface area (Å²) < 4.78 is 31.5. The van der Waals surface area contributed by atoms with E-state index in [9.17, 15) is 13.0 Å². The topological polar surface area (TPSA) is 57.2 Å². The summed E-state index contributed by atoms with van der Waals surface area (Å²) in [6, 6.07) is 0. The highest BCUT2D eigenvalue weighted by Gasteiger charge is 1.98. The lowest BCUT2D eigenvalue weighted by atomic mass is 10.6. The van der Waals surface area contributed by atoms with Crippen LogP contribution in [0.1, 0.15) is 20.8 Å². The van der Waals surface area contributed by atoms with E-state index in [1.54, 1.807) is 11.8 Å². The highest BCUT2D eigenvalue weighted by atomic mass is 32.2. The molecule has 0 aromatic rings. The van der Waals surface area contributed by atoms with Gasteiger partial charge in [0.1, 0.15) is 0 Å². The fourth-order valence-electron chi connectivity index (χ4n) is 0.515. The summed E-state index contributed by atoms with van der Waals surface area (Å²) in [4.78, 5) is 0. The van der Waals surface area contributed by atoms with Gasteiger partial charge in [-0.05, 0) is 12.2 Å². The van der Waals surface area contributed by atoms with Gasteiger partial charge in [-0.1, -0.05) is 20.9 Å². The normalized spacial score (nSPS) is 10.7. The molecule has 0 amide bonds. The molecule has 86 valence electrons. The first-order chi connectivity index (χ1) is 5.95. The van der Waals surface area contributed by atoms with Gasteiger partial charge < -0.3 is 4.55 Å². The van der Waals surface area contributed by atoms with Crippen LogP contribution in [0.3, 0.4) is 0 Å². The van der Waals surface area contributed by atoms with Crippen molar-refractivity contribution in [3.63, 3.8) is 0 Å². The Balaban J connectivity index is 0. The summed E-state index contributed by atoms with van der Waals surface area (Å²) in [5.41, 5.74) is 0. The molecule has 0 aromatic heterocycles. The molecule has 0 fully saturated rings. The third-order valence-electron chi connectivity index (χ3n) is 1.06. The van der Waals surface area contributed by atoms with Crippen LogP contribution < -0.4 is 0 Å². The van der Waals surface area contributed by atoms with Crippen LogP contribution in [0.2, 0.25) is 0 Å². The number of thioether (sulfide) groups is 2. The van der Waals surface area contributed by atoms with Crippen molar-refractivity contribution in [1.29, 1.82) is 0 Å². The smallest absolute Gasteiger partial charge is 0.0954 e. The van der Waals surface area contributed by atoms with Crippen molar-refractivity contribution < 1.29 is 13.0 Å². The van der Waals surface area contributed by atoms with E-state index in [0.717, 1.165) is 16.4 Å². The Morgan fingerprint density at radius 1 is 1.36 bits per heavy atom. The minimum Gasteiger partial charge on any atom is -0.748 e. The summed E-state index contributed by atoms with van der Waals surface area (Å²) in [6.07, 6.45) is 1.06. The largest absolute Gasteiger partial charge is 0.748 e. The summed E-state index contributed by atoms with van der Waals surface area (Å²) in [7, 11) is -4.06. The van der Waals surface area contributed by atoms with E-state index in [1.165, 1.54) is 11.8 Å². The number of rotatable bonds is 7. The molecule has 0 saturated heterocycles. The second-order valence-corrected chi connectivity index (χ2v) is 6.49. The fourth-order valence-corrected chi connectivity index (χ4v) is 3.16. The SMILES string of the molecule is C.C=C(SCCC)SCCS(=O)(=O)[O-]. The van der Waals surface area contributed by atoms with E-state index in [-0.39, 0.29) is 13.2 Å². The highest BCUT2D eigenvalue weighted by molar-refractivity contribution is 8.22.